The third-order valence-corrected chi connectivity index (χ3v) is 4.41. The second-order valence-corrected chi connectivity index (χ2v) is 6.11. The maximum absolute atomic E-state index is 11.8. The Balaban J connectivity index is 2.07. The van der Waals surface area contributed by atoms with Crippen molar-refractivity contribution in [1.29, 1.82) is 5.26 Å². The lowest BCUT2D eigenvalue weighted by molar-refractivity contribution is -0.128. The van der Waals surface area contributed by atoms with Crippen LogP contribution in [0.1, 0.15) is 25.1 Å². The lowest BCUT2D eigenvalue weighted by Crippen LogP contribution is -2.37. The predicted molar refractivity (Wildman–Crippen MR) is 67.6 cm³/mol. The van der Waals surface area contributed by atoms with E-state index in [1.807, 2.05) is 11.0 Å². The topological polar surface area (TPSA) is 44.1 Å². The Labute approximate surface area is 106 Å². The summed E-state index contributed by atoms with van der Waals surface area (Å²) >= 11 is 1.72. The van der Waals surface area contributed by atoms with E-state index in [1.165, 1.54) is 4.88 Å². The number of nitrogens with zero attached hydrogens (tertiary/aromatic N) is 2. The van der Waals surface area contributed by atoms with Crippen LogP contribution in [0.4, 0.5) is 0 Å². The number of hydrogen-bond donors (Lipinski definition) is 0. The second kappa shape index (κ2) is 4.50. The third-order valence-electron chi connectivity index (χ3n) is 3.17. The van der Waals surface area contributed by atoms with E-state index in [4.69, 9.17) is 5.26 Å². The zero-order chi connectivity index (χ0) is 12.5. The lowest BCUT2D eigenvalue weighted by Gasteiger charge is -2.29. The Kier molecular flexibility index (Phi) is 3.21. The standard InChI is InChI=1S/C13H16N2OS/c1-13(2,11-4-3-5-17-11)9-15-8-10(7-14)6-12(15)16/h3-5,10H,6,8-9H2,1-2H3. The van der Waals surface area contributed by atoms with Crippen LogP contribution in [0.3, 0.4) is 0 Å². The monoisotopic (exact) mass is 248 g/mol. The van der Waals surface area contributed by atoms with Gasteiger partial charge in [-0.15, -0.1) is 11.3 Å². The molecule has 0 bridgehead atoms. The van der Waals surface area contributed by atoms with Crippen molar-refractivity contribution in [1.82, 2.24) is 4.90 Å². The number of rotatable bonds is 3. The molecule has 1 unspecified atom stereocenters. The van der Waals surface area contributed by atoms with E-state index < -0.39 is 0 Å². The average molecular weight is 248 g/mol. The van der Waals surface area contributed by atoms with Crippen LogP contribution >= 0.6 is 11.3 Å². The maximum Gasteiger partial charge on any atom is 0.224 e. The van der Waals surface area contributed by atoms with Crippen molar-refractivity contribution in [2.75, 3.05) is 13.1 Å². The summed E-state index contributed by atoms with van der Waals surface area (Å²) in [6.07, 6.45) is 0.386. The van der Waals surface area contributed by atoms with Crippen molar-refractivity contribution in [3.8, 4) is 6.07 Å². The molecule has 1 atom stereocenters. The molecule has 0 N–H and O–H groups in total. The molecule has 0 aliphatic carbocycles. The van der Waals surface area contributed by atoms with Crippen molar-refractivity contribution in [3.63, 3.8) is 0 Å². The van der Waals surface area contributed by atoms with E-state index in [-0.39, 0.29) is 17.2 Å². The van der Waals surface area contributed by atoms with E-state index in [1.54, 1.807) is 11.3 Å². The van der Waals surface area contributed by atoms with Gasteiger partial charge < -0.3 is 4.90 Å². The summed E-state index contributed by atoms with van der Waals surface area (Å²) < 4.78 is 0. The number of hydrogen-bond acceptors (Lipinski definition) is 3. The highest BCUT2D eigenvalue weighted by atomic mass is 32.1. The molecule has 17 heavy (non-hydrogen) atoms. The predicted octanol–water partition coefficient (Wildman–Crippen LogP) is 2.40. The van der Waals surface area contributed by atoms with Crippen molar-refractivity contribution >= 4 is 17.2 Å². The number of likely N-dealkylation sites (tertiary alicyclic amines) is 1. The molecular formula is C13H16N2OS. The van der Waals surface area contributed by atoms with Gasteiger partial charge in [0.2, 0.25) is 5.91 Å². The van der Waals surface area contributed by atoms with Gasteiger partial charge in [0.25, 0.3) is 0 Å². The first-order chi connectivity index (χ1) is 8.03. The first kappa shape index (κ1) is 12.1. The smallest absolute Gasteiger partial charge is 0.224 e. The van der Waals surface area contributed by atoms with Gasteiger partial charge in [-0.2, -0.15) is 5.26 Å². The summed E-state index contributed by atoms with van der Waals surface area (Å²) in [5.74, 6) is -0.0113. The van der Waals surface area contributed by atoms with Gasteiger partial charge >= 0.3 is 0 Å². The lowest BCUT2D eigenvalue weighted by atomic mass is 9.91. The van der Waals surface area contributed by atoms with E-state index in [0.29, 0.717) is 19.5 Å². The molecule has 1 fully saturated rings. The van der Waals surface area contributed by atoms with E-state index in [0.717, 1.165) is 0 Å². The zero-order valence-electron chi connectivity index (χ0n) is 10.1. The zero-order valence-corrected chi connectivity index (χ0v) is 11.0. The average Bonchev–Trinajstić information content (AvgIpc) is 2.88. The molecule has 0 aromatic carbocycles. The molecule has 1 aromatic rings. The van der Waals surface area contributed by atoms with Gasteiger partial charge in [-0.3, -0.25) is 4.79 Å². The van der Waals surface area contributed by atoms with Crippen LogP contribution in [-0.2, 0) is 10.2 Å². The normalized spacial score (nSPS) is 20.6. The Morgan fingerprint density at radius 2 is 2.41 bits per heavy atom. The largest absolute Gasteiger partial charge is 0.340 e. The highest BCUT2D eigenvalue weighted by molar-refractivity contribution is 7.10. The number of nitriles is 1. The fourth-order valence-corrected chi connectivity index (χ4v) is 3.07. The Morgan fingerprint density at radius 3 is 2.94 bits per heavy atom. The van der Waals surface area contributed by atoms with Gasteiger partial charge in [-0.25, -0.2) is 0 Å². The summed E-state index contributed by atoms with van der Waals surface area (Å²) in [5, 5.41) is 10.9. The van der Waals surface area contributed by atoms with E-state index in [2.05, 4.69) is 31.4 Å². The molecule has 0 spiro atoms. The Morgan fingerprint density at radius 1 is 1.65 bits per heavy atom. The Bertz CT molecular complexity index is 444. The number of amides is 1. The van der Waals surface area contributed by atoms with Crippen molar-refractivity contribution < 1.29 is 4.79 Å². The van der Waals surface area contributed by atoms with Crippen LogP contribution in [0.15, 0.2) is 17.5 Å². The number of carbonyl (C=O) groups is 1. The molecule has 1 aliphatic rings. The second-order valence-electron chi connectivity index (χ2n) is 5.17. The minimum Gasteiger partial charge on any atom is -0.340 e. The van der Waals surface area contributed by atoms with E-state index in [9.17, 15) is 4.79 Å². The van der Waals surface area contributed by atoms with Gasteiger partial charge in [-0.1, -0.05) is 19.9 Å². The third kappa shape index (κ3) is 2.50. The minimum atomic E-state index is -0.123. The molecule has 0 radical (unpaired) electrons. The number of carbonyl (C=O) groups excluding carboxylic acids is 1. The van der Waals surface area contributed by atoms with Crippen LogP contribution in [0.5, 0.6) is 0 Å². The van der Waals surface area contributed by atoms with Gasteiger partial charge in [-0.05, 0) is 11.4 Å². The molecule has 1 saturated heterocycles. The Hall–Kier alpha value is -1.34. The summed E-state index contributed by atoms with van der Waals surface area (Å²) in [6, 6.07) is 6.32. The van der Waals surface area contributed by atoms with Crippen LogP contribution < -0.4 is 0 Å². The first-order valence-corrected chi connectivity index (χ1v) is 6.62. The summed E-state index contributed by atoms with van der Waals surface area (Å²) in [4.78, 5) is 14.9. The van der Waals surface area contributed by atoms with Crippen LogP contribution in [-0.4, -0.2) is 23.9 Å². The first-order valence-electron chi connectivity index (χ1n) is 5.74. The van der Waals surface area contributed by atoms with Crippen LogP contribution in [0.25, 0.3) is 0 Å². The fourth-order valence-electron chi connectivity index (χ4n) is 2.23. The highest BCUT2D eigenvalue weighted by Gasteiger charge is 2.34. The van der Waals surface area contributed by atoms with Crippen LogP contribution in [0, 0.1) is 17.2 Å². The molecule has 1 aliphatic heterocycles. The fraction of sp³-hybridized carbons (Fsp3) is 0.538. The van der Waals surface area contributed by atoms with Crippen molar-refractivity contribution in [2.45, 2.75) is 25.7 Å². The van der Waals surface area contributed by atoms with Crippen molar-refractivity contribution in [2.24, 2.45) is 5.92 Å². The molecule has 4 heteroatoms. The molecule has 1 amide bonds. The van der Waals surface area contributed by atoms with Gasteiger partial charge in [0.15, 0.2) is 0 Å². The van der Waals surface area contributed by atoms with E-state index >= 15 is 0 Å². The van der Waals surface area contributed by atoms with Gasteiger partial charge in [0.1, 0.15) is 0 Å². The van der Waals surface area contributed by atoms with Crippen molar-refractivity contribution in [3.05, 3.63) is 22.4 Å². The summed E-state index contributed by atoms with van der Waals surface area (Å²) in [5.41, 5.74) is -0.0336. The summed E-state index contributed by atoms with van der Waals surface area (Å²) in [6.45, 7) is 5.58. The molecule has 90 valence electrons. The van der Waals surface area contributed by atoms with Gasteiger partial charge in [0.05, 0.1) is 12.0 Å². The van der Waals surface area contributed by atoms with Gasteiger partial charge in [0, 0.05) is 29.8 Å². The minimum absolute atomic E-state index is 0.0336. The number of thiophene rings is 1. The highest BCUT2D eigenvalue weighted by Crippen LogP contribution is 2.30. The van der Waals surface area contributed by atoms with Crippen LogP contribution in [0.2, 0.25) is 0 Å². The molecule has 2 heterocycles. The molecule has 2 rings (SSSR count). The quantitative estimate of drug-likeness (QED) is 0.824. The molecule has 1 aromatic heterocycles. The SMILES string of the molecule is CC(C)(CN1CC(C#N)CC1=O)c1cccs1. The summed E-state index contributed by atoms with van der Waals surface area (Å²) in [7, 11) is 0. The maximum atomic E-state index is 11.8. The molecule has 0 saturated carbocycles. The molecular weight excluding hydrogens is 232 g/mol. The molecule has 3 nitrogen and oxygen atoms in total.